The summed E-state index contributed by atoms with van der Waals surface area (Å²) in [7, 11) is 1.44. The van der Waals surface area contributed by atoms with Crippen molar-refractivity contribution in [3.63, 3.8) is 0 Å². The lowest BCUT2D eigenvalue weighted by molar-refractivity contribution is -0.137. The molecule has 1 aromatic carbocycles. The SMILES string of the molecule is COC[C@@H](NC(C)=O)C(=O)N1CCN(c2cccc(C(F)(F)F)c2)CC1. The van der Waals surface area contributed by atoms with Crippen LogP contribution >= 0.6 is 0 Å². The molecule has 0 radical (unpaired) electrons. The number of ether oxygens (including phenoxy) is 1. The van der Waals surface area contributed by atoms with Gasteiger partial charge in [-0.15, -0.1) is 0 Å². The van der Waals surface area contributed by atoms with Crippen LogP contribution in [-0.4, -0.2) is 62.7 Å². The van der Waals surface area contributed by atoms with Crippen LogP contribution in [-0.2, 0) is 20.5 Å². The van der Waals surface area contributed by atoms with Crippen molar-refractivity contribution in [3.05, 3.63) is 29.8 Å². The summed E-state index contributed by atoms with van der Waals surface area (Å²) in [6.07, 6.45) is -4.39. The molecule has 0 bridgehead atoms. The number of benzene rings is 1. The van der Waals surface area contributed by atoms with Gasteiger partial charge in [-0.25, -0.2) is 0 Å². The molecule has 6 nitrogen and oxygen atoms in total. The molecule has 1 saturated heterocycles. The van der Waals surface area contributed by atoms with Gasteiger partial charge in [0.15, 0.2) is 0 Å². The Bertz CT molecular complexity index is 644. The third-order valence-electron chi connectivity index (χ3n) is 4.14. The maximum absolute atomic E-state index is 12.9. The van der Waals surface area contributed by atoms with E-state index in [-0.39, 0.29) is 18.4 Å². The molecule has 9 heteroatoms. The molecule has 144 valence electrons. The van der Waals surface area contributed by atoms with E-state index in [1.165, 1.54) is 20.1 Å². The number of alkyl halides is 3. The van der Waals surface area contributed by atoms with E-state index >= 15 is 0 Å². The van der Waals surface area contributed by atoms with Gasteiger partial charge in [0.25, 0.3) is 0 Å². The number of nitrogens with one attached hydrogen (secondary N) is 1. The van der Waals surface area contributed by atoms with Crippen LogP contribution in [0, 0.1) is 0 Å². The van der Waals surface area contributed by atoms with E-state index in [1.54, 1.807) is 11.0 Å². The topological polar surface area (TPSA) is 61.9 Å². The van der Waals surface area contributed by atoms with Crippen molar-refractivity contribution in [2.75, 3.05) is 44.8 Å². The van der Waals surface area contributed by atoms with Crippen molar-refractivity contribution < 1.29 is 27.5 Å². The molecule has 1 aliphatic rings. The number of halogens is 3. The monoisotopic (exact) mass is 373 g/mol. The molecule has 2 rings (SSSR count). The summed E-state index contributed by atoms with van der Waals surface area (Å²) in [5.74, 6) is -0.589. The van der Waals surface area contributed by atoms with Crippen LogP contribution in [0.5, 0.6) is 0 Å². The Balaban J connectivity index is 2.00. The van der Waals surface area contributed by atoms with Crippen LogP contribution in [0.2, 0.25) is 0 Å². The normalized spacial score (nSPS) is 16.3. The molecule has 1 aromatic rings. The predicted molar refractivity (Wildman–Crippen MR) is 89.7 cm³/mol. The van der Waals surface area contributed by atoms with Crippen LogP contribution in [0.15, 0.2) is 24.3 Å². The van der Waals surface area contributed by atoms with E-state index in [2.05, 4.69) is 5.32 Å². The van der Waals surface area contributed by atoms with Crippen molar-refractivity contribution in [2.45, 2.75) is 19.1 Å². The highest BCUT2D eigenvalue weighted by molar-refractivity contribution is 5.87. The Kier molecular flexibility index (Phi) is 6.47. The van der Waals surface area contributed by atoms with Gasteiger partial charge in [0.1, 0.15) is 6.04 Å². The minimum atomic E-state index is -4.39. The summed E-state index contributed by atoms with van der Waals surface area (Å²) < 4.78 is 43.5. The van der Waals surface area contributed by atoms with Gasteiger partial charge in [0.2, 0.25) is 11.8 Å². The molecule has 0 unspecified atom stereocenters. The van der Waals surface area contributed by atoms with Crippen LogP contribution in [0.4, 0.5) is 18.9 Å². The number of anilines is 1. The summed E-state index contributed by atoms with van der Waals surface area (Å²) in [6, 6.07) is 4.38. The highest BCUT2D eigenvalue weighted by atomic mass is 19.4. The molecule has 0 saturated carbocycles. The third kappa shape index (κ3) is 5.10. The summed E-state index contributed by atoms with van der Waals surface area (Å²) in [6.45, 7) is 2.91. The van der Waals surface area contributed by atoms with Gasteiger partial charge >= 0.3 is 6.18 Å². The summed E-state index contributed by atoms with van der Waals surface area (Å²) >= 11 is 0. The lowest BCUT2D eigenvalue weighted by Gasteiger charge is -2.37. The second-order valence-electron chi connectivity index (χ2n) is 6.07. The van der Waals surface area contributed by atoms with Crippen molar-refractivity contribution in [2.24, 2.45) is 0 Å². The molecule has 1 N–H and O–H groups in total. The molecule has 1 atom stereocenters. The van der Waals surface area contributed by atoms with E-state index in [9.17, 15) is 22.8 Å². The van der Waals surface area contributed by atoms with Crippen LogP contribution < -0.4 is 10.2 Å². The van der Waals surface area contributed by atoms with Gasteiger partial charge in [-0.05, 0) is 18.2 Å². The number of hydrogen-bond donors (Lipinski definition) is 1. The van der Waals surface area contributed by atoms with Crippen molar-refractivity contribution in [3.8, 4) is 0 Å². The minimum absolute atomic E-state index is 0.0618. The number of nitrogens with zero attached hydrogens (tertiary/aromatic N) is 2. The predicted octanol–water partition coefficient (Wildman–Crippen LogP) is 1.51. The average Bonchev–Trinajstić information content (AvgIpc) is 2.60. The van der Waals surface area contributed by atoms with Gasteiger partial charge in [-0.2, -0.15) is 13.2 Å². The van der Waals surface area contributed by atoms with E-state index in [0.29, 0.717) is 31.9 Å². The van der Waals surface area contributed by atoms with E-state index in [0.717, 1.165) is 12.1 Å². The van der Waals surface area contributed by atoms with Gasteiger partial charge < -0.3 is 19.9 Å². The van der Waals surface area contributed by atoms with Gasteiger partial charge in [-0.1, -0.05) is 6.07 Å². The quantitative estimate of drug-likeness (QED) is 0.850. The van der Waals surface area contributed by atoms with E-state index < -0.39 is 17.8 Å². The highest BCUT2D eigenvalue weighted by Gasteiger charge is 2.32. The molecule has 0 spiro atoms. The largest absolute Gasteiger partial charge is 0.416 e. The minimum Gasteiger partial charge on any atom is -0.382 e. The zero-order valence-corrected chi connectivity index (χ0v) is 14.7. The molecule has 2 amide bonds. The molecule has 1 fully saturated rings. The summed E-state index contributed by atoms with van der Waals surface area (Å²) in [4.78, 5) is 27.1. The van der Waals surface area contributed by atoms with Gasteiger partial charge in [0, 0.05) is 45.9 Å². The number of methoxy groups -OCH3 is 1. The maximum atomic E-state index is 12.9. The fourth-order valence-electron chi connectivity index (χ4n) is 2.87. The highest BCUT2D eigenvalue weighted by Crippen LogP contribution is 2.31. The van der Waals surface area contributed by atoms with Crippen molar-refractivity contribution >= 4 is 17.5 Å². The fraction of sp³-hybridized carbons (Fsp3) is 0.529. The Morgan fingerprint density at radius 3 is 2.42 bits per heavy atom. The van der Waals surface area contributed by atoms with Crippen LogP contribution in [0.3, 0.4) is 0 Å². The maximum Gasteiger partial charge on any atom is 0.416 e. The molecule has 0 aromatic heterocycles. The molecule has 26 heavy (non-hydrogen) atoms. The number of piperazine rings is 1. The number of carbonyl (C=O) groups is 2. The molecular formula is C17H22F3N3O3. The zero-order valence-electron chi connectivity index (χ0n) is 14.7. The standard InChI is InChI=1S/C17H22F3N3O3/c1-12(24)21-15(11-26-2)16(25)23-8-6-22(7-9-23)14-5-3-4-13(10-14)17(18,19)20/h3-5,10,15H,6-9,11H2,1-2H3,(H,21,24)/t15-/m1/s1. The lowest BCUT2D eigenvalue weighted by atomic mass is 10.1. The van der Waals surface area contributed by atoms with Gasteiger partial charge in [-0.3, -0.25) is 9.59 Å². The Hall–Kier alpha value is -2.29. The summed E-state index contributed by atoms with van der Waals surface area (Å²) in [5, 5.41) is 2.55. The van der Waals surface area contributed by atoms with Crippen LogP contribution in [0.25, 0.3) is 0 Å². The average molecular weight is 373 g/mol. The Labute approximate surface area is 149 Å². The molecule has 0 aliphatic carbocycles. The van der Waals surface area contributed by atoms with Gasteiger partial charge in [0.05, 0.1) is 12.2 Å². The first kappa shape index (κ1) is 20.0. The number of rotatable bonds is 5. The Morgan fingerprint density at radius 1 is 1.23 bits per heavy atom. The lowest BCUT2D eigenvalue weighted by Crippen LogP contribution is -2.56. The number of carbonyl (C=O) groups excluding carboxylic acids is 2. The third-order valence-corrected chi connectivity index (χ3v) is 4.14. The van der Waals surface area contributed by atoms with Crippen molar-refractivity contribution in [1.29, 1.82) is 0 Å². The Morgan fingerprint density at radius 2 is 1.88 bits per heavy atom. The zero-order chi connectivity index (χ0) is 19.3. The van der Waals surface area contributed by atoms with Crippen LogP contribution in [0.1, 0.15) is 12.5 Å². The van der Waals surface area contributed by atoms with E-state index in [4.69, 9.17) is 4.74 Å². The molecule has 1 aliphatic heterocycles. The second kappa shape index (κ2) is 8.39. The molecular weight excluding hydrogens is 351 g/mol. The first-order valence-corrected chi connectivity index (χ1v) is 8.19. The first-order chi connectivity index (χ1) is 12.2. The van der Waals surface area contributed by atoms with Crippen molar-refractivity contribution in [1.82, 2.24) is 10.2 Å². The molecule has 1 heterocycles. The number of hydrogen-bond acceptors (Lipinski definition) is 4. The van der Waals surface area contributed by atoms with E-state index in [1.807, 2.05) is 4.90 Å². The fourth-order valence-corrected chi connectivity index (χ4v) is 2.87. The first-order valence-electron chi connectivity index (χ1n) is 8.19. The smallest absolute Gasteiger partial charge is 0.382 e. The number of amides is 2. The summed E-state index contributed by atoms with van der Waals surface area (Å²) in [5.41, 5.74) is -0.221. The second-order valence-corrected chi connectivity index (χ2v) is 6.07.